The molecule has 0 bridgehead atoms. The van der Waals surface area contributed by atoms with Crippen LogP contribution in [-0.2, 0) is 25.7 Å². The van der Waals surface area contributed by atoms with Gasteiger partial charge in [0.25, 0.3) is 0 Å². The summed E-state index contributed by atoms with van der Waals surface area (Å²) in [4.78, 5) is 25.0. The van der Waals surface area contributed by atoms with Gasteiger partial charge in [-0.1, -0.05) is 78.1 Å². The Labute approximate surface area is 277 Å². The molecule has 1 aliphatic rings. The third-order valence-corrected chi connectivity index (χ3v) is 9.60. The van der Waals surface area contributed by atoms with Crippen molar-refractivity contribution in [2.75, 3.05) is 22.1 Å². The van der Waals surface area contributed by atoms with E-state index in [-0.39, 0.29) is 30.6 Å². The zero-order valence-electron chi connectivity index (χ0n) is 25.7. The fraction of sp³-hybridized carbons (Fsp3) is 0.353. The highest BCUT2D eigenvalue weighted by Crippen LogP contribution is 2.40. The van der Waals surface area contributed by atoms with E-state index in [0.717, 1.165) is 32.5 Å². The van der Waals surface area contributed by atoms with Gasteiger partial charge < -0.3 is 30.9 Å². The maximum Gasteiger partial charge on any atom is 0.224 e. The smallest absolute Gasteiger partial charge is 0.224 e. The van der Waals surface area contributed by atoms with E-state index in [1.165, 1.54) is 0 Å². The molecular formula is C34H39N5O5S2. The number of amides is 2. The third kappa shape index (κ3) is 9.84. The molecule has 46 heavy (non-hydrogen) atoms. The number of unbranched alkanes of at least 4 members (excludes halogenated alkanes) is 2. The number of anilines is 3. The Hall–Kier alpha value is -3.81. The van der Waals surface area contributed by atoms with Gasteiger partial charge in [0.1, 0.15) is 5.01 Å². The Morgan fingerprint density at radius 3 is 2.41 bits per heavy atom. The molecule has 0 saturated carbocycles. The first-order valence-corrected chi connectivity index (χ1v) is 17.1. The molecule has 5 N–H and O–H groups in total. The van der Waals surface area contributed by atoms with Gasteiger partial charge in [-0.05, 0) is 55.2 Å². The van der Waals surface area contributed by atoms with Gasteiger partial charge in [-0.3, -0.25) is 9.59 Å². The number of nitrogens with two attached hydrogens (primary N) is 1. The number of thioether (sulfide) groups is 1. The van der Waals surface area contributed by atoms with E-state index < -0.39 is 6.29 Å². The average Bonchev–Trinajstić information content (AvgIpc) is 3.49. The normalized spacial score (nSPS) is 17.8. The fourth-order valence-corrected chi connectivity index (χ4v) is 6.94. The SMILES string of the molecule is Cc1nnc(SCC2CC(c3ccc(CO)cc3)OC(c3cccc(NC(=O)CCCCCC(=O)Nc4ccccc4N)c3)O2)s1. The number of aliphatic hydroxyl groups excluding tert-OH is 1. The minimum absolute atomic E-state index is 0.0155. The quantitative estimate of drug-likeness (QED) is 0.0651. The molecular weight excluding hydrogens is 623 g/mol. The van der Waals surface area contributed by atoms with Gasteiger partial charge in [0, 0.05) is 36.3 Å². The molecule has 3 unspecified atom stereocenters. The van der Waals surface area contributed by atoms with Crippen molar-refractivity contribution in [3.8, 4) is 0 Å². The molecule has 3 atom stereocenters. The van der Waals surface area contributed by atoms with Gasteiger partial charge in [0.05, 0.1) is 30.2 Å². The monoisotopic (exact) mass is 661 g/mol. The molecule has 1 fully saturated rings. The van der Waals surface area contributed by atoms with Crippen molar-refractivity contribution < 1.29 is 24.2 Å². The van der Waals surface area contributed by atoms with E-state index >= 15 is 0 Å². The summed E-state index contributed by atoms with van der Waals surface area (Å²) < 4.78 is 13.8. The number of carbonyl (C=O) groups is 2. The zero-order valence-corrected chi connectivity index (χ0v) is 27.3. The molecule has 1 aliphatic heterocycles. The summed E-state index contributed by atoms with van der Waals surface area (Å²) in [6.07, 6.45) is 2.54. The van der Waals surface area contributed by atoms with E-state index in [9.17, 15) is 14.7 Å². The van der Waals surface area contributed by atoms with Gasteiger partial charge in [0.15, 0.2) is 10.6 Å². The highest BCUT2D eigenvalue weighted by Gasteiger charge is 2.32. The van der Waals surface area contributed by atoms with E-state index in [2.05, 4.69) is 20.8 Å². The Morgan fingerprint density at radius 2 is 1.70 bits per heavy atom. The van der Waals surface area contributed by atoms with E-state index in [0.29, 0.717) is 54.9 Å². The van der Waals surface area contributed by atoms with Crippen LogP contribution in [0.15, 0.2) is 77.1 Å². The summed E-state index contributed by atoms with van der Waals surface area (Å²) in [6, 6.07) is 22.5. The summed E-state index contributed by atoms with van der Waals surface area (Å²) in [5, 5.41) is 24.6. The maximum absolute atomic E-state index is 12.7. The van der Waals surface area contributed by atoms with Gasteiger partial charge >= 0.3 is 0 Å². The molecule has 2 amide bonds. The highest BCUT2D eigenvalue weighted by molar-refractivity contribution is 8.01. The van der Waals surface area contributed by atoms with Gasteiger partial charge in [-0.25, -0.2) is 0 Å². The standard InChI is InChI=1S/C34H39N5O5S2/c1-22-38-39-34(46-22)45-21-27-19-30(24-16-14-23(20-40)15-17-24)44-33(43-27)25-8-7-9-26(18-25)36-31(41)12-3-2-4-13-32(42)37-29-11-6-5-10-28(29)35/h5-11,14-18,27,30,33,40H,2-4,12-13,19-21,35H2,1H3,(H,36,41)(H,37,42). The van der Waals surface area contributed by atoms with E-state index in [4.69, 9.17) is 15.2 Å². The summed E-state index contributed by atoms with van der Waals surface area (Å²) in [5.41, 5.74) is 10.4. The Morgan fingerprint density at radius 1 is 0.935 bits per heavy atom. The van der Waals surface area contributed by atoms with Crippen molar-refractivity contribution in [1.82, 2.24) is 10.2 Å². The lowest BCUT2D eigenvalue weighted by atomic mass is 10.0. The molecule has 1 saturated heterocycles. The van der Waals surface area contributed by atoms with Crippen LogP contribution in [-0.4, -0.2) is 39.0 Å². The van der Waals surface area contributed by atoms with E-state index in [1.807, 2.05) is 67.6 Å². The predicted octanol–water partition coefficient (Wildman–Crippen LogP) is 6.79. The number of ether oxygens (including phenoxy) is 2. The Kier molecular flexibility index (Phi) is 12.2. The molecule has 4 aromatic rings. The Bertz CT molecular complexity index is 1600. The second kappa shape index (κ2) is 16.7. The molecule has 0 radical (unpaired) electrons. The molecule has 5 rings (SSSR count). The van der Waals surface area contributed by atoms with Gasteiger partial charge in [0.2, 0.25) is 11.8 Å². The number of rotatable bonds is 14. The fourth-order valence-electron chi connectivity index (χ4n) is 5.08. The topological polar surface area (TPSA) is 149 Å². The summed E-state index contributed by atoms with van der Waals surface area (Å²) in [7, 11) is 0. The molecule has 242 valence electrons. The number of aryl methyl sites for hydroxylation is 1. The first kappa shape index (κ1) is 33.6. The summed E-state index contributed by atoms with van der Waals surface area (Å²) >= 11 is 3.18. The highest BCUT2D eigenvalue weighted by atomic mass is 32.2. The molecule has 0 aliphatic carbocycles. The number of aromatic nitrogens is 2. The lowest BCUT2D eigenvalue weighted by molar-refractivity contribution is -0.245. The van der Waals surface area contributed by atoms with E-state index in [1.54, 1.807) is 35.2 Å². The molecule has 12 heteroatoms. The number of benzene rings is 3. The van der Waals surface area contributed by atoms with Crippen molar-refractivity contribution >= 4 is 52.0 Å². The van der Waals surface area contributed by atoms with Crippen LogP contribution in [0, 0.1) is 6.92 Å². The minimum Gasteiger partial charge on any atom is -0.397 e. The summed E-state index contributed by atoms with van der Waals surface area (Å²) in [6.45, 7) is 1.92. The molecule has 3 aromatic carbocycles. The largest absolute Gasteiger partial charge is 0.397 e. The van der Waals surface area contributed by atoms with Crippen LogP contribution in [0.4, 0.5) is 17.1 Å². The number of aliphatic hydroxyl groups is 1. The number of hydrogen-bond acceptors (Lipinski definition) is 10. The van der Waals surface area contributed by atoms with Crippen LogP contribution in [0.5, 0.6) is 0 Å². The van der Waals surface area contributed by atoms with Crippen LogP contribution in [0.25, 0.3) is 0 Å². The van der Waals surface area contributed by atoms with Crippen molar-refractivity contribution in [1.29, 1.82) is 0 Å². The first-order chi connectivity index (χ1) is 22.4. The van der Waals surface area contributed by atoms with Crippen LogP contribution in [0.3, 0.4) is 0 Å². The van der Waals surface area contributed by atoms with Crippen LogP contribution < -0.4 is 16.4 Å². The average molecular weight is 662 g/mol. The summed E-state index contributed by atoms with van der Waals surface area (Å²) in [5.74, 6) is 0.512. The molecule has 0 spiro atoms. The number of para-hydroxylation sites is 2. The second-order valence-electron chi connectivity index (χ2n) is 11.1. The predicted molar refractivity (Wildman–Crippen MR) is 181 cm³/mol. The lowest BCUT2D eigenvalue weighted by Gasteiger charge is -2.36. The maximum atomic E-state index is 12.7. The van der Waals surface area contributed by atoms with Crippen molar-refractivity contribution in [3.63, 3.8) is 0 Å². The number of nitrogens with one attached hydrogen (secondary N) is 2. The lowest BCUT2D eigenvalue weighted by Crippen LogP contribution is -2.31. The first-order valence-electron chi connectivity index (χ1n) is 15.3. The minimum atomic E-state index is -0.632. The number of carbonyl (C=O) groups excluding carboxylic acids is 2. The number of nitrogen functional groups attached to an aromatic ring is 1. The third-order valence-electron chi connectivity index (χ3n) is 7.50. The molecule has 1 aromatic heterocycles. The molecule has 2 heterocycles. The van der Waals surface area contributed by atoms with Crippen molar-refractivity contribution in [2.24, 2.45) is 0 Å². The van der Waals surface area contributed by atoms with Crippen LogP contribution >= 0.6 is 23.1 Å². The Balaban J connectivity index is 1.14. The zero-order chi connectivity index (χ0) is 32.3. The van der Waals surface area contributed by atoms with Gasteiger partial charge in [-0.2, -0.15) is 0 Å². The van der Waals surface area contributed by atoms with Crippen LogP contribution in [0.1, 0.15) is 72.6 Å². The van der Waals surface area contributed by atoms with Crippen molar-refractivity contribution in [3.05, 3.63) is 94.5 Å². The second-order valence-corrected chi connectivity index (χ2v) is 13.6. The number of hydrogen-bond donors (Lipinski definition) is 4. The van der Waals surface area contributed by atoms with Gasteiger partial charge in [-0.15, -0.1) is 10.2 Å². The number of nitrogens with zero attached hydrogens (tertiary/aromatic N) is 2. The van der Waals surface area contributed by atoms with Crippen LogP contribution in [0.2, 0.25) is 0 Å². The molecule has 10 nitrogen and oxygen atoms in total. The van der Waals surface area contributed by atoms with Crippen molar-refractivity contribution in [2.45, 2.75) is 74.9 Å².